The number of aliphatic hydroxyl groups excluding tert-OH is 1. The molecular weight excluding hydrogens is 506 g/mol. The van der Waals surface area contributed by atoms with Gasteiger partial charge in [-0.1, -0.05) is 29.8 Å². The monoisotopic (exact) mass is 529 g/mol. The molecule has 0 radical (unpaired) electrons. The Balaban J connectivity index is 2.00. The van der Waals surface area contributed by atoms with Crippen LogP contribution in [0.1, 0.15) is 22.0 Å². The zero-order valence-electron chi connectivity index (χ0n) is 20.0. The molecule has 1 fully saturated rings. The lowest BCUT2D eigenvalue weighted by molar-refractivity contribution is -0.140. The van der Waals surface area contributed by atoms with Crippen LogP contribution >= 0.6 is 22.9 Å². The molecule has 2 aromatic carbocycles. The van der Waals surface area contributed by atoms with Gasteiger partial charge in [0, 0.05) is 16.5 Å². The zero-order valence-corrected chi connectivity index (χ0v) is 21.6. The molecule has 1 aliphatic rings. The fraction of sp³-hybridized carbons (Fsp3) is 0.231. The molecule has 1 atom stereocenters. The summed E-state index contributed by atoms with van der Waals surface area (Å²) in [5, 5.41) is 13.7. The fourth-order valence-electron chi connectivity index (χ4n) is 4.25. The Morgan fingerprint density at radius 1 is 0.972 bits per heavy atom. The number of amides is 1. The molecule has 2 heterocycles. The molecule has 3 aromatic rings. The zero-order chi connectivity index (χ0) is 26.0. The minimum Gasteiger partial charge on any atom is -0.507 e. The maximum atomic E-state index is 13.4. The van der Waals surface area contributed by atoms with Gasteiger partial charge in [0.2, 0.25) is 0 Å². The van der Waals surface area contributed by atoms with Gasteiger partial charge in [-0.3, -0.25) is 9.59 Å². The SMILES string of the molecule is COc1cc(/C(O)=C2\C(=O)C(=O)N(Cc3cccs3)C2c2cccc(OC)c2OC)c(OC)cc1Cl. The van der Waals surface area contributed by atoms with Gasteiger partial charge in [0.05, 0.1) is 57.2 Å². The molecule has 0 bridgehead atoms. The first-order chi connectivity index (χ1) is 17.4. The van der Waals surface area contributed by atoms with Crippen LogP contribution in [0.25, 0.3) is 5.76 Å². The number of thiophene rings is 1. The molecule has 188 valence electrons. The van der Waals surface area contributed by atoms with Gasteiger partial charge in [-0.25, -0.2) is 0 Å². The minimum atomic E-state index is -0.969. The number of likely N-dealkylation sites (tertiary alicyclic amines) is 1. The summed E-state index contributed by atoms with van der Waals surface area (Å²) in [4.78, 5) is 29.1. The molecule has 8 nitrogen and oxygen atoms in total. The Morgan fingerprint density at radius 2 is 1.69 bits per heavy atom. The molecule has 1 amide bonds. The lowest BCUT2D eigenvalue weighted by Gasteiger charge is -2.27. The molecule has 36 heavy (non-hydrogen) atoms. The molecule has 0 spiro atoms. The van der Waals surface area contributed by atoms with Crippen molar-refractivity contribution in [1.82, 2.24) is 4.90 Å². The highest BCUT2D eigenvalue weighted by Crippen LogP contribution is 2.47. The highest BCUT2D eigenvalue weighted by Gasteiger charge is 2.47. The Labute approximate surface area is 217 Å². The third-order valence-corrected chi connectivity index (χ3v) is 7.06. The number of Topliss-reactive ketones (excluding diaryl/α,β-unsaturated/α-hetero) is 1. The summed E-state index contributed by atoms with van der Waals surface area (Å²) in [7, 11) is 5.81. The largest absolute Gasteiger partial charge is 0.507 e. The van der Waals surface area contributed by atoms with E-state index in [4.69, 9.17) is 30.5 Å². The number of hydrogen-bond donors (Lipinski definition) is 1. The number of para-hydroxylation sites is 1. The molecule has 0 aliphatic carbocycles. The number of nitrogens with zero attached hydrogens (tertiary/aromatic N) is 1. The van der Waals surface area contributed by atoms with Gasteiger partial charge in [-0.15, -0.1) is 11.3 Å². The molecule has 1 N–H and O–H groups in total. The number of carbonyl (C=O) groups excluding carboxylic acids is 2. The molecule has 0 saturated carbocycles. The number of ketones is 1. The number of halogens is 1. The number of hydrogen-bond acceptors (Lipinski definition) is 8. The van der Waals surface area contributed by atoms with Crippen LogP contribution in [0.4, 0.5) is 0 Å². The van der Waals surface area contributed by atoms with Gasteiger partial charge in [0.25, 0.3) is 11.7 Å². The van der Waals surface area contributed by atoms with E-state index in [-0.39, 0.29) is 34.2 Å². The predicted octanol–water partition coefficient (Wildman–Crippen LogP) is 5.06. The number of aliphatic hydroxyl groups is 1. The van der Waals surface area contributed by atoms with Crippen molar-refractivity contribution in [2.75, 3.05) is 28.4 Å². The maximum absolute atomic E-state index is 13.4. The van der Waals surface area contributed by atoms with Gasteiger partial charge in [0.1, 0.15) is 17.3 Å². The van der Waals surface area contributed by atoms with E-state index >= 15 is 0 Å². The molecule has 1 aliphatic heterocycles. The molecule has 10 heteroatoms. The van der Waals surface area contributed by atoms with Crippen molar-refractivity contribution in [3.63, 3.8) is 0 Å². The predicted molar refractivity (Wildman–Crippen MR) is 136 cm³/mol. The first kappa shape index (κ1) is 25.4. The van der Waals surface area contributed by atoms with E-state index in [2.05, 4.69) is 0 Å². The van der Waals surface area contributed by atoms with Crippen molar-refractivity contribution in [3.05, 3.63) is 74.4 Å². The van der Waals surface area contributed by atoms with E-state index < -0.39 is 23.5 Å². The smallest absolute Gasteiger partial charge is 0.295 e. The molecule has 1 saturated heterocycles. The van der Waals surface area contributed by atoms with E-state index in [0.29, 0.717) is 17.1 Å². The lowest BCUT2D eigenvalue weighted by Crippen LogP contribution is -2.29. The second-order valence-electron chi connectivity index (χ2n) is 7.78. The van der Waals surface area contributed by atoms with Crippen LogP contribution in [0.3, 0.4) is 0 Å². The van der Waals surface area contributed by atoms with Gasteiger partial charge < -0.3 is 29.0 Å². The Hall–Kier alpha value is -3.69. The van der Waals surface area contributed by atoms with Crippen LogP contribution < -0.4 is 18.9 Å². The maximum Gasteiger partial charge on any atom is 0.295 e. The third-order valence-electron chi connectivity index (χ3n) is 5.90. The highest BCUT2D eigenvalue weighted by molar-refractivity contribution is 7.09. The van der Waals surface area contributed by atoms with Crippen LogP contribution in [0.2, 0.25) is 5.02 Å². The average molecular weight is 530 g/mol. The quantitative estimate of drug-likeness (QED) is 0.248. The molecular formula is C26H24ClNO7S. The van der Waals surface area contributed by atoms with Crippen molar-refractivity contribution in [2.45, 2.75) is 12.6 Å². The second-order valence-corrected chi connectivity index (χ2v) is 9.22. The molecule has 1 aromatic heterocycles. The van der Waals surface area contributed by atoms with Crippen molar-refractivity contribution in [3.8, 4) is 23.0 Å². The summed E-state index contributed by atoms with van der Waals surface area (Å²) >= 11 is 7.69. The standard InChI is InChI=1S/C26H24ClNO7S/c1-32-18-9-5-8-15(25(18)35-4)22-21(24(30)26(31)28(22)13-14-7-6-10-36-14)23(29)16-11-20(34-3)17(27)12-19(16)33-2/h5-12,22,29H,13H2,1-4H3/b23-21+. The number of rotatable bonds is 8. The fourth-order valence-corrected chi connectivity index (χ4v) is 5.19. The normalized spacial score (nSPS) is 16.8. The van der Waals surface area contributed by atoms with Crippen LogP contribution in [0.15, 0.2) is 53.4 Å². The average Bonchev–Trinajstić information content (AvgIpc) is 3.49. The Morgan fingerprint density at radius 3 is 2.31 bits per heavy atom. The van der Waals surface area contributed by atoms with E-state index in [0.717, 1.165) is 4.88 Å². The summed E-state index contributed by atoms with van der Waals surface area (Å²) in [6.45, 7) is 0.158. The third kappa shape index (κ3) is 4.36. The number of carbonyl (C=O) groups is 2. The van der Waals surface area contributed by atoms with E-state index in [1.54, 1.807) is 18.2 Å². The van der Waals surface area contributed by atoms with Crippen molar-refractivity contribution >= 4 is 40.4 Å². The van der Waals surface area contributed by atoms with Gasteiger partial charge in [0.15, 0.2) is 11.5 Å². The van der Waals surface area contributed by atoms with Crippen LogP contribution in [0.5, 0.6) is 23.0 Å². The van der Waals surface area contributed by atoms with Gasteiger partial charge >= 0.3 is 0 Å². The Kier molecular flexibility index (Phi) is 7.42. The minimum absolute atomic E-state index is 0.120. The van der Waals surface area contributed by atoms with E-state index in [9.17, 15) is 14.7 Å². The lowest BCUT2D eigenvalue weighted by atomic mass is 9.94. The van der Waals surface area contributed by atoms with Gasteiger partial charge in [-0.2, -0.15) is 0 Å². The summed E-state index contributed by atoms with van der Waals surface area (Å²) in [6, 6.07) is 10.9. The summed E-state index contributed by atoms with van der Waals surface area (Å²) < 4.78 is 21.8. The van der Waals surface area contributed by atoms with Crippen LogP contribution in [-0.2, 0) is 16.1 Å². The van der Waals surface area contributed by atoms with Gasteiger partial charge in [-0.05, 0) is 23.6 Å². The number of ether oxygens (including phenoxy) is 4. The summed E-state index contributed by atoms with van der Waals surface area (Å²) in [5.74, 6) is -0.781. The Bertz CT molecular complexity index is 1340. The highest BCUT2D eigenvalue weighted by atomic mass is 35.5. The van der Waals surface area contributed by atoms with E-state index in [1.165, 1.54) is 56.8 Å². The topological polar surface area (TPSA) is 94.5 Å². The van der Waals surface area contributed by atoms with Crippen molar-refractivity contribution in [2.24, 2.45) is 0 Å². The number of benzene rings is 2. The molecule has 1 unspecified atom stereocenters. The first-order valence-electron chi connectivity index (χ1n) is 10.8. The van der Waals surface area contributed by atoms with Crippen molar-refractivity contribution in [1.29, 1.82) is 0 Å². The second kappa shape index (κ2) is 10.5. The number of methoxy groups -OCH3 is 4. The molecule has 4 rings (SSSR count). The van der Waals surface area contributed by atoms with Crippen molar-refractivity contribution < 1.29 is 33.6 Å². The van der Waals surface area contributed by atoms with E-state index in [1.807, 2.05) is 17.5 Å². The first-order valence-corrected chi connectivity index (χ1v) is 12.1. The van der Waals surface area contributed by atoms with Crippen LogP contribution in [-0.4, -0.2) is 50.1 Å². The summed E-state index contributed by atoms with van der Waals surface area (Å²) in [6.07, 6.45) is 0. The van der Waals surface area contributed by atoms with Crippen LogP contribution in [0, 0.1) is 0 Å². The summed E-state index contributed by atoms with van der Waals surface area (Å²) in [5.41, 5.74) is 0.513.